The normalized spacial score (nSPS) is 13.9. The third kappa shape index (κ3) is 7.13. The minimum atomic E-state index is -4.55. The third-order valence-electron chi connectivity index (χ3n) is 7.35. The fourth-order valence-electron chi connectivity index (χ4n) is 5.12. The van der Waals surface area contributed by atoms with E-state index in [1.807, 2.05) is 83.8 Å². The summed E-state index contributed by atoms with van der Waals surface area (Å²) in [5.41, 5.74) is 3.40. The predicted molar refractivity (Wildman–Crippen MR) is 155 cm³/mol. The summed E-state index contributed by atoms with van der Waals surface area (Å²) in [6.07, 6.45) is 0.286. The van der Waals surface area contributed by atoms with Crippen LogP contribution in [0.4, 0.5) is 13.2 Å². The van der Waals surface area contributed by atoms with Crippen molar-refractivity contribution in [1.29, 1.82) is 0 Å². The van der Waals surface area contributed by atoms with Crippen LogP contribution >= 0.6 is 0 Å². The van der Waals surface area contributed by atoms with Crippen molar-refractivity contribution in [2.24, 2.45) is 0 Å². The number of carbonyl (C=O) groups is 2. The van der Waals surface area contributed by atoms with Crippen molar-refractivity contribution in [2.45, 2.75) is 38.1 Å². The highest BCUT2D eigenvalue weighted by Crippen LogP contribution is 2.27. The minimum Gasteiger partial charge on any atom is -0.336 e. The molecule has 3 aromatic carbocycles. The molecule has 4 aromatic rings. The number of fused-ring (bicyclic) bond motifs is 1. The highest BCUT2D eigenvalue weighted by molar-refractivity contribution is 5.95. The van der Waals surface area contributed by atoms with Crippen molar-refractivity contribution in [3.63, 3.8) is 0 Å². The van der Waals surface area contributed by atoms with Crippen LogP contribution in [0, 0.1) is 0 Å². The number of pyridine rings is 1. The summed E-state index contributed by atoms with van der Waals surface area (Å²) in [5, 5.41) is 0. The van der Waals surface area contributed by atoms with E-state index in [9.17, 15) is 22.8 Å². The van der Waals surface area contributed by atoms with E-state index in [0.717, 1.165) is 35.4 Å². The van der Waals surface area contributed by atoms with E-state index in [4.69, 9.17) is 0 Å². The van der Waals surface area contributed by atoms with Crippen LogP contribution in [0.25, 0.3) is 6.08 Å². The number of alkyl halides is 3. The first-order valence-electron chi connectivity index (χ1n) is 13.7. The number of benzene rings is 3. The van der Waals surface area contributed by atoms with Gasteiger partial charge in [0, 0.05) is 38.3 Å². The van der Waals surface area contributed by atoms with Gasteiger partial charge in [0.1, 0.15) is 11.7 Å². The van der Waals surface area contributed by atoms with Crippen molar-refractivity contribution >= 4 is 17.9 Å². The second-order valence-corrected chi connectivity index (χ2v) is 10.2. The van der Waals surface area contributed by atoms with Crippen LogP contribution in [0.1, 0.15) is 33.5 Å². The highest BCUT2D eigenvalue weighted by Gasteiger charge is 2.34. The Labute approximate surface area is 242 Å². The summed E-state index contributed by atoms with van der Waals surface area (Å²) in [6, 6.07) is 28.4. The van der Waals surface area contributed by atoms with Crippen molar-refractivity contribution in [2.75, 3.05) is 6.54 Å². The summed E-state index contributed by atoms with van der Waals surface area (Å²) in [4.78, 5) is 34.9. The van der Waals surface area contributed by atoms with Gasteiger partial charge in [0.2, 0.25) is 11.8 Å². The largest absolute Gasteiger partial charge is 0.433 e. The molecule has 0 fully saturated rings. The third-order valence-corrected chi connectivity index (χ3v) is 7.35. The standard InChI is InChI=1S/C34H30F3N3O2/c35-34(36,37)31-17-15-26(22-38-31)16-18-32(41)40(23-27-11-5-2-6-12-27)30(21-25-9-3-1-4-10-25)33(42)39-20-19-28-13-7-8-14-29(28)24-39/h1-18,22,30H,19-21,23-24H2/t30-/m0/s1. The lowest BCUT2D eigenvalue weighted by atomic mass is 9.97. The molecule has 0 bridgehead atoms. The number of hydrogen-bond acceptors (Lipinski definition) is 3. The molecule has 1 atom stereocenters. The molecular weight excluding hydrogens is 539 g/mol. The SMILES string of the molecule is O=C([C@H](Cc1ccccc1)N(Cc1ccccc1)C(=O)C=Cc1ccc(C(F)(F)F)nc1)N1CCc2ccccc2C1. The van der Waals surface area contributed by atoms with Crippen LogP contribution in [-0.4, -0.2) is 39.2 Å². The Bertz CT molecular complexity index is 1540. The van der Waals surface area contributed by atoms with Crippen LogP contribution < -0.4 is 0 Å². The van der Waals surface area contributed by atoms with Gasteiger partial charge in [0.25, 0.3) is 0 Å². The number of carbonyl (C=O) groups excluding carboxylic acids is 2. The van der Waals surface area contributed by atoms with Crippen molar-refractivity contribution in [3.05, 3.63) is 143 Å². The van der Waals surface area contributed by atoms with Crippen LogP contribution in [0.5, 0.6) is 0 Å². The van der Waals surface area contributed by atoms with E-state index < -0.39 is 23.8 Å². The van der Waals surface area contributed by atoms with Crippen LogP contribution in [0.15, 0.2) is 109 Å². The number of aromatic nitrogens is 1. The first-order valence-corrected chi connectivity index (χ1v) is 13.7. The molecule has 0 spiro atoms. The second-order valence-electron chi connectivity index (χ2n) is 10.2. The average molecular weight is 570 g/mol. The number of amides is 2. The minimum absolute atomic E-state index is 0.151. The molecule has 0 N–H and O–H groups in total. The zero-order valence-electron chi connectivity index (χ0n) is 22.9. The molecular formula is C34H30F3N3O2. The Morgan fingerprint density at radius 1 is 0.857 bits per heavy atom. The highest BCUT2D eigenvalue weighted by atomic mass is 19.4. The van der Waals surface area contributed by atoms with Crippen LogP contribution in [-0.2, 0) is 41.7 Å². The lowest BCUT2D eigenvalue weighted by Crippen LogP contribution is -2.52. The fourth-order valence-corrected chi connectivity index (χ4v) is 5.12. The molecule has 214 valence electrons. The Morgan fingerprint density at radius 3 is 2.14 bits per heavy atom. The summed E-state index contributed by atoms with van der Waals surface area (Å²) in [7, 11) is 0. The molecule has 0 radical (unpaired) electrons. The van der Waals surface area contributed by atoms with Crippen molar-refractivity contribution < 1.29 is 22.8 Å². The molecule has 2 amide bonds. The number of rotatable bonds is 8. The van der Waals surface area contributed by atoms with Crippen LogP contribution in [0.2, 0.25) is 0 Å². The summed E-state index contributed by atoms with van der Waals surface area (Å²) >= 11 is 0. The number of nitrogens with zero attached hydrogens (tertiary/aromatic N) is 3. The molecule has 0 unspecified atom stereocenters. The van der Waals surface area contributed by atoms with Gasteiger partial charge in [-0.25, -0.2) is 0 Å². The fraction of sp³-hybridized carbons (Fsp3) is 0.206. The summed E-state index contributed by atoms with van der Waals surface area (Å²) < 4.78 is 38.8. The van der Waals surface area contributed by atoms with Gasteiger partial charge in [0.05, 0.1) is 0 Å². The van der Waals surface area contributed by atoms with E-state index in [1.54, 1.807) is 4.90 Å². The molecule has 0 saturated carbocycles. The molecule has 1 aromatic heterocycles. The first-order chi connectivity index (χ1) is 20.3. The number of halogens is 3. The Kier molecular flexibility index (Phi) is 8.81. The second kappa shape index (κ2) is 12.9. The molecule has 2 heterocycles. The molecule has 42 heavy (non-hydrogen) atoms. The van der Waals surface area contributed by atoms with Gasteiger partial charge in [0.15, 0.2) is 0 Å². The quantitative estimate of drug-likeness (QED) is 0.233. The smallest absolute Gasteiger partial charge is 0.336 e. The first kappa shape index (κ1) is 28.8. The van der Waals surface area contributed by atoms with Crippen LogP contribution in [0.3, 0.4) is 0 Å². The molecule has 5 rings (SSSR count). The summed E-state index contributed by atoms with van der Waals surface area (Å²) in [5.74, 6) is -0.576. The van der Waals surface area contributed by atoms with Crippen molar-refractivity contribution in [1.82, 2.24) is 14.8 Å². The number of hydrogen-bond donors (Lipinski definition) is 0. The van der Waals surface area contributed by atoms with E-state index in [-0.39, 0.29) is 12.5 Å². The zero-order valence-corrected chi connectivity index (χ0v) is 22.9. The van der Waals surface area contributed by atoms with Gasteiger partial charge >= 0.3 is 6.18 Å². The van der Waals surface area contributed by atoms with E-state index in [1.165, 1.54) is 23.8 Å². The Hall–Kier alpha value is -4.72. The van der Waals surface area contributed by atoms with Gasteiger partial charge in [-0.3, -0.25) is 14.6 Å². The molecule has 1 aliphatic heterocycles. The van der Waals surface area contributed by atoms with E-state index in [2.05, 4.69) is 11.1 Å². The molecule has 1 aliphatic rings. The van der Waals surface area contributed by atoms with Gasteiger partial charge in [-0.2, -0.15) is 13.2 Å². The van der Waals surface area contributed by atoms with Gasteiger partial charge < -0.3 is 9.80 Å². The predicted octanol–water partition coefficient (Wildman–Crippen LogP) is 6.34. The Morgan fingerprint density at radius 2 is 1.50 bits per heavy atom. The van der Waals surface area contributed by atoms with Gasteiger partial charge in [-0.1, -0.05) is 91.0 Å². The topological polar surface area (TPSA) is 53.5 Å². The zero-order chi connectivity index (χ0) is 29.5. The lowest BCUT2D eigenvalue weighted by Gasteiger charge is -2.36. The molecule has 5 nitrogen and oxygen atoms in total. The maximum Gasteiger partial charge on any atom is 0.433 e. The molecule has 8 heteroatoms. The average Bonchev–Trinajstić information content (AvgIpc) is 3.01. The van der Waals surface area contributed by atoms with Crippen molar-refractivity contribution in [3.8, 4) is 0 Å². The monoisotopic (exact) mass is 569 g/mol. The Balaban J connectivity index is 1.47. The lowest BCUT2D eigenvalue weighted by molar-refractivity contribution is -0.144. The maximum absolute atomic E-state index is 14.2. The molecule has 0 saturated heterocycles. The van der Waals surface area contributed by atoms with E-state index >= 15 is 0 Å². The molecule has 0 aliphatic carbocycles. The van der Waals surface area contributed by atoms with E-state index in [0.29, 0.717) is 25.1 Å². The van der Waals surface area contributed by atoms with Gasteiger partial charge in [-0.15, -0.1) is 0 Å². The maximum atomic E-state index is 14.2. The summed E-state index contributed by atoms with van der Waals surface area (Å²) in [6.45, 7) is 1.19. The van der Waals surface area contributed by atoms with Gasteiger partial charge in [-0.05, 0) is 46.4 Å².